The molecule has 6 nitrogen and oxygen atoms in total. The van der Waals surface area contributed by atoms with E-state index in [1.54, 1.807) is 0 Å². The molecule has 1 aromatic heterocycles. The number of alkyl halides is 1. The second-order valence-corrected chi connectivity index (χ2v) is 4.33. The van der Waals surface area contributed by atoms with E-state index in [-0.39, 0.29) is 23.4 Å². The number of methoxy groups -OCH3 is 2. The van der Waals surface area contributed by atoms with Gasteiger partial charge in [-0.2, -0.15) is 9.97 Å². The first-order valence-corrected chi connectivity index (χ1v) is 6.13. The van der Waals surface area contributed by atoms with Gasteiger partial charge in [-0.1, -0.05) is 6.07 Å². The summed E-state index contributed by atoms with van der Waals surface area (Å²) >= 11 is 6.19. The van der Waals surface area contributed by atoms with Crippen LogP contribution in [0.15, 0.2) is 12.1 Å². The summed E-state index contributed by atoms with van der Waals surface area (Å²) in [6, 6.07) is 2.13. The number of ether oxygens (including phenoxy) is 2. The lowest BCUT2D eigenvalue weighted by molar-refractivity contribution is 0.336. The van der Waals surface area contributed by atoms with Gasteiger partial charge in [0.1, 0.15) is 5.38 Å². The van der Waals surface area contributed by atoms with Crippen LogP contribution in [0.4, 0.5) is 14.5 Å². The first-order chi connectivity index (χ1) is 9.97. The fourth-order valence-corrected chi connectivity index (χ4v) is 1.88. The minimum Gasteiger partial charge on any atom is -0.467 e. The monoisotopic (exact) mass is 316 g/mol. The predicted octanol–water partition coefficient (Wildman–Crippen LogP) is 2.08. The lowest BCUT2D eigenvalue weighted by atomic mass is 10.1. The van der Waals surface area contributed by atoms with E-state index in [1.165, 1.54) is 20.3 Å². The number of benzene rings is 1. The summed E-state index contributed by atoms with van der Waals surface area (Å²) in [6.07, 6.45) is 0. The van der Waals surface area contributed by atoms with Crippen LogP contribution in [-0.4, -0.2) is 29.2 Å². The van der Waals surface area contributed by atoms with Crippen LogP contribution in [0.3, 0.4) is 0 Å². The van der Waals surface area contributed by atoms with E-state index < -0.39 is 22.7 Å². The molecular weight excluding hydrogens is 306 g/mol. The summed E-state index contributed by atoms with van der Waals surface area (Å²) in [5.74, 6) is -2.20. The van der Waals surface area contributed by atoms with Gasteiger partial charge in [-0.3, -0.25) is 0 Å². The Kier molecular flexibility index (Phi) is 4.37. The van der Waals surface area contributed by atoms with Crippen molar-refractivity contribution < 1.29 is 18.3 Å². The second kappa shape index (κ2) is 6.04. The Morgan fingerprint density at radius 2 is 1.67 bits per heavy atom. The van der Waals surface area contributed by atoms with Gasteiger partial charge in [-0.25, -0.2) is 8.78 Å². The van der Waals surface area contributed by atoms with Gasteiger partial charge in [0, 0.05) is 5.56 Å². The van der Waals surface area contributed by atoms with Crippen LogP contribution in [0.5, 0.6) is 12.0 Å². The topological polar surface area (TPSA) is 83.2 Å². The number of halogens is 3. The maximum atomic E-state index is 13.5. The molecule has 0 aliphatic carbocycles. The van der Waals surface area contributed by atoms with Gasteiger partial charge in [0.05, 0.1) is 19.9 Å². The van der Waals surface area contributed by atoms with Crippen LogP contribution in [0.25, 0.3) is 0 Å². The molecule has 1 atom stereocenters. The molecule has 2 rings (SSSR count). The predicted molar refractivity (Wildman–Crippen MR) is 71.4 cm³/mol. The molecule has 2 aromatic rings. The highest BCUT2D eigenvalue weighted by atomic mass is 35.5. The number of aromatic nitrogens is 3. The van der Waals surface area contributed by atoms with Crippen molar-refractivity contribution >= 4 is 17.3 Å². The SMILES string of the molecule is COc1nc(OC)nc(C(Cl)c2ccc(F)c(F)c2N)n1. The number of nitrogens with two attached hydrogens (primary N) is 1. The van der Waals surface area contributed by atoms with E-state index in [4.69, 9.17) is 26.8 Å². The van der Waals surface area contributed by atoms with Crippen molar-refractivity contribution in [2.24, 2.45) is 0 Å². The Balaban J connectivity index is 2.49. The smallest absolute Gasteiger partial charge is 0.322 e. The highest BCUT2D eigenvalue weighted by molar-refractivity contribution is 6.22. The van der Waals surface area contributed by atoms with Crippen LogP contribution in [0.2, 0.25) is 0 Å². The Bertz CT molecular complexity index is 650. The molecule has 1 aromatic carbocycles. The van der Waals surface area contributed by atoms with Gasteiger partial charge in [0.15, 0.2) is 17.5 Å². The van der Waals surface area contributed by atoms with Crippen molar-refractivity contribution in [3.05, 3.63) is 35.2 Å². The van der Waals surface area contributed by atoms with E-state index in [9.17, 15) is 8.78 Å². The van der Waals surface area contributed by atoms with Crippen LogP contribution in [0, 0.1) is 11.6 Å². The number of anilines is 1. The van der Waals surface area contributed by atoms with E-state index >= 15 is 0 Å². The Hall–Kier alpha value is -2.22. The molecule has 21 heavy (non-hydrogen) atoms. The van der Waals surface area contributed by atoms with Gasteiger partial charge < -0.3 is 15.2 Å². The van der Waals surface area contributed by atoms with Crippen LogP contribution < -0.4 is 15.2 Å². The summed E-state index contributed by atoms with van der Waals surface area (Å²) in [7, 11) is 2.71. The molecule has 1 heterocycles. The molecule has 0 aliphatic rings. The van der Waals surface area contributed by atoms with Gasteiger partial charge in [0.2, 0.25) is 0 Å². The third kappa shape index (κ3) is 2.94. The first kappa shape index (κ1) is 15.2. The zero-order chi connectivity index (χ0) is 15.6. The zero-order valence-corrected chi connectivity index (χ0v) is 11.9. The molecule has 0 amide bonds. The highest BCUT2D eigenvalue weighted by Crippen LogP contribution is 2.33. The van der Waals surface area contributed by atoms with Gasteiger partial charge in [-0.15, -0.1) is 16.6 Å². The molecule has 0 radical (unpaired) electrons. The van der Waals surface area contributed by atoms with Crippen LogP contribution >= 0.6 is 11.6 Å². The lowest BCUT2D eigenvalue weighted by Gasteiger charge is -2.13. The molecule has 0 saturated heterocycles. The number of nitrogens with zero attached hydrogens (tertiary/aromatic N) is 3. The van der Waals surface area contributed by atoms with E-state index in [1.807, 2.05) is 0 Å². The molecule has 9 heteroatoms. The number of nitrogen functional groups attached to an aromatic ring is 1. The standard InChI is InChI=1S/C12H11ClF2N4O2/c1-20-11-17-10(18-12(19-11)21-2)7(13)5-3-4-6(14)8(15)9(5)16/h3-4,7H,16H2,1-2H3. The van der Waals surface area contributed by atoms with Crippen molar-refractivity contribution in [1.29, 1.82) is 0 Å². The van der Waals surface area contributed by atoms with Crippen molar-refractivity contribution in [1.82, 2.24) is 15.0 Å². The third-order valence-corrected chi connectivity index (χ3v) is 3.07. The average molecular weight is 317 g/mol. The summed E-state index contributed by atoms with van der Waals surface area (Å²) < 4.78 is 36.4. The molecule has 0 aliphatic heterocycles. The summed E-state index contributed by atoms with van der Waals surface area (Å²) in [5, 5.41) is -1.02. The molecule has 0 spiro atoms. The quantitative estimate of drug-likeness (QED) is 0.687. The van der Waals surface area contributed by atoms with Crippen molar-refractivity contribution in [2.75, 3.05) is 20.0 Å². The maximum absolute atomic E-state index is 13.5. The Morgan fingerprint density at radius 1 is 1.10 bits per heavy atom. The largest absolute Gasteiger partial charge is 0.467 e. The van der Waals surface area contributed by atoms with Crippen LogP contribution in [-0.2, 0) is 0 Å². The Labute approximate surface area is 123 Å². The highest BCUT2D eigenvalue weighted by Gasteiger charge is 2.22. The first-order valence-electron chi connectivity index (χ1n) is 5.69. The fraction of sp³-hybridized carbons (Fsp3) is 0.250. The maximum Gasteiger partial charge on any atom is 0.322 e. The second-order valence-electron chi connectivity index (χ2n) is 3.89. The minimum absolute atomic E-state index is 0.0244. The van der Waals surface area contributed by atoms with E-state index in [0.29, 0.717) is 0 Å². The number of hydrogen-bond donors (Lipinski definition) is 1. The molecule has 2 N–H and O–H groups in total. The Morgan fingerprint density at radius 3 is 2.19 bits per heavy atom. The van der Waals surface area contributed by atoms with E-state index in [0.717, 1.165) is 6.07 Å². The van der Waals surface area contributed by atoms with Crippen LogP contribution in [0.1, 0.15) is 16.8 Å². The zero-order valence-electron chi connectivity index (χ0n) is 11.1. The molecule has 0 saturated carbocycles. The van der Waals surface area contributed by atoms with Gasteiger partial charge in [-0.05, 0) is 6.07 Å². The number of rotatable bonds is 4. The lowest BCUT2D eigenvalue weighted by Crippen LogP contribution is -2.09. The molecule has 112 valence electrons. The minimum atomic E-state index is -1.17. The molecular formula is C12H11ClF2N4O2. The normalized spacial score (nSPS) is 12.0. The molecule has 0 bridgehead atoms. The van der Waals surface area contributed by atoms with Gasteiger partial charge in [0.25, 0.3) is 0 Å². The molecule has 1 unspecified atom stereocenters. The van der Waals surface area contributed by atoms with Gasteiger partial charge >= 0.3 is 12.0 Å². The average Bonchev–Trinajstić information content (AvgIpc) is 2.51. The van der Waals surface area contributed by atoms with Crippen molar-refractivity contribution in [2.45, 2.75) is 5.38 Å². The number of hydrogen-bond acceptors (Lipinski definition) is 6. The third-order valence-electron chi connectivity index (χ3n) is 2.64. The summed E-state index contributed by atoms with van der Waals surface area (Å²) in [5.41, 5.74) is 5.25. The summed E-state index contributed by atoms with van der Waals surface area (Å²) in [4.78, 5) is 11.7. The summed E-state index contributed by atoms with van der Waals surface area (Å²) in [6.45, 7) is 0. The van der Waals surface area contributed by atoms with Crippen molar-refractivity contribution in [3.8, 4) is 12.0 Å². The van der Waals surface area contributed by atoms with Crippen molar-refractivity contribution in [3.63, 3.8) is 0 Å². The van der Waals surface area contributed by atoms with E-state index in [2.05, 4.69) is 15.0 Å². The fourth-order valence-electron chi connectivity index (χ4n) is 1.59. The molecule has 0 fully saturated rings.